The maximum absolute atomic E-state index is 14.8. The van der Waals surface area contributed by atoms with Gasteiger partial charge in [0.05, 0.1) is 18.1 Å². The number of rotatable bonds is 11. The van der Waals surface area contributed by atoms with E-state index >= 15 is 0 Å². The minimum absolute atomic E-state index is 0.117. The molecule has 0 bridgehead atoms. The topological polar surface area (TPSA) is 103 Å². The fraction of sp³-hybridized carbons (Fsp3) is 0.484. The first-order valence-electron chi connectivity index (χ1n) is 14.7. The van der Waals surface area contributed by atoms with Crippen LogP contribution in [-0.4, -0.2) is 60.4 Å². The summed E-state index contributed by atoms with van der Waals surface area (Å²) in [4.78, 5) is 47.0. The number of hydrogen-bond donors (Lipinski definition) is 3. The van der Waals surface area contributed by atoms with Gasteiger partial charge in [-0.2, -0.15) is 13.2 Å². The molecule has 3 amide bonds. The Bertz CT molecular complexity index is 1360. The Morgan fingerprint density at radius 2 is 1.72 bits per heavy atom. The third-order valence-corrected chi connectivity index (χ3v) is 8.21. The Morgan fingerprint density at radius 1 is 1.00 bits per heavy atom. The molecule has 1 aliphatic carbocycles. The van der Waals surface area contributed by atoms with Crippen LogP contribution in [0, 0.1) is 23.6 Å². The van der Waals surface area contributed by atoms with Crippen molar-refractivity contribution in [3.8, 4) is 0 Å². The number of fused-ring (bicyclic) bond motifs is 1. The van der Waals surface area contributed by atoms with E-state index in [-0.39, 0.29) is 36.0 Å². The molecule has 3 atom stereocenters. The first-order valence-corrected chi connectivity index (χ1v) is 14.7. The molecule has 2 aliphatic heterocycles. The predicted octanol–water partition coefficient (Wildman–Crippen LogP) is 4.60. The molecule has 2 fully saturated rings. The molecule has 2 aromatic rings. The molecule has 3 N–H and O–H groups in total. The van der Waals surface area contributed by atoms with Crippen molar-refractivity contribution < 1.29 is 31.9 Å². The van der Waals surface area contributed by atoms with Crippen LogP contribution < -0.4 is 16.0 Å². The number of benzodiazepines with no additional fused rings is 1. The van der Waals surface area contributed by atoms with Gasteiger partial charge in [-0.25, -0.2) is 9.38 Å². The van der Waals surface area contributed by atoms with Gasteiger partial charge in [0, 0.05) is 29.4 Å². The zero-order valence-corrected chi connectivity index (χ0v) is 23.6. The molecule has 0 aromatic heterocycles. The second-order valence-corrected chi connectivity index (χ2v) is 11.5. The summed E-state index contributed by atoms with van der Waals surface area (Å²) in [5.74, 6) is -5.14. The van der Waals surface area contributed by atoms with Crippen molar-refractivity contribution in [1.82, 2.24) is 15.5 Å². The van der Waals surface area contributed by atoms with Crippen molar-refractivity contribution in [2.45, 2.75) is 57.3 Å². The standard InChI is InChI=1S/C31H35F4N5O3/c32-24-10-6-9-22-25(20-7-2-1-3-8-20)37-27(30(43)38-26(22)24)39-29(42)21(13-14-31(33,34)35)23(17-19-11-12-19)28(41)36-18-40-15-4-5-16-40/h1-3,6-10,19,21,23,27H,4-5,11-18H2,(H,36,41)(H,38,43)(H,39,42)/t21-,23+,27-/m1/s1. The van der Waals surface area contributed by atoms with Gasteiger partial charge in [0.25, 0.3) is 5.91 Å². The number of benzene rings is 2. The third-order valence-electron chi connectivity index (χ3n) is 8.21. The van der Waals surface area contributed by atoms with Gasteiger partial charge in [-0.15, -0.1) is 0 Å². The Balaban J connectivity index is 1.43. The van der Waals surface area contributed by atoms with E-state index < -0.39 is 60.6 Å². The SMILES string of the molecule is O=C1Nc2c(F)cccc2C(c2ccccc2)=N[C@@H]1NC(=O)[C@H](CCC(F)(F)F)[C@H](CC1CC1)C(=O)NCN1CCCC1. The molecule has 0 spiro atoms. The van der Waals surface area contributed by atoms with Gasteiger partial charge in [-0.05, 0) is 50.8 Å². The smallest absolute Gasteiger partial charge is 0.343 e. The number of carbonyl (C=O) groups is 3. The molecule has 230 valence electrons. The Hall–Kier alpha value is -3.80. The summed E-state index contributed by atoms with van der Waals surface area (Å²) in [6.45, 7) is 1.88. The summed E-state index contributed by atoms with van der Waals surface area (Å²) in [6.07, 6.45) is -4.06. The molecule has 8 nitrogen and oxygen atoms in total. The largest absolute Gasteiger partial charge is 0.389 e. The lowest BCUT2D eigenvalue weighted by Crippen LogP contribution is -2.49. The normalized spacial score (nSPS) is 20.3. The lowest BCUT2D eigenvalue weighted by molar-refractivity contribution is -0.147. The van der Waals surface area contributed by atoms with Crippen molar-refractivity contribution in [2.75, 3.05) is 25.1 Å². The lowest BCUT2D eigenvalue weighted by atomic mass is 9.82. The number of amides is 3. The van der Waals surface area contributed by atoms with E-state index in [1.165, 1.54) is 12.1 Å². The zero-order chi connectivity index (χ0) is 30.6. The van der Waals surface area contributed by atoms with Crippen LogP contribution in [0.5, 0.6) is 0 Å². The van der Waals surface area contributed by atoms with Gasteiger partial charge < -0.3 is 16.0 Å². The van der Waals surface area contributed by atoms with Crippen LogP contribution in [0.4, 0.5) is 23.2 Å². The Morgan fingerprint density at radius 3 is 2.40 bits per heavy atom. The van der Waals surface area contributed by atoms with Gasteiger partial charge in [-0.3, -0.25) is 19.3 Å². The number of aliphatic imine (C=N–C) groups is 1. The molecule has 2 heterocycles. The van der Waals surface area contributed by atoms with Gasteiger partial charge in [0.2, 0.25) is 18.0 Å². The van der Waals surface area contributed by atoms with E-state index in [0.717, 1.165) is 38.8 Å². The van der Waals surface area contributed by atoms with E-state index in [1.54, 1.807) is 36.4 Å². The van der Waals surface area contributed by atoms with Crippen LogP contribution in [0.15, 0.2) is 53.5 Å². The molecular weight excluding hydrogens is 566 g/mol. The number of halogens is 4. The van der Waals surface area contributed by atoms with Gasteiger partial charge >= 0.3 is 6.18 Å². The predicted molar refractivity (Wildman–Crippen MR) is 152 cm³/mol. The number of likely N-dealkylation sites (tertiary alicyclic amines) is 1. The molecule has 0 unspecified atom stereocenters. The number of alkyl halides is 3. The van der Waals surface area contributed by atoms with E-state index in [4.69, 9.17) is 0 Å². The Kier molecular flexibility index (Phi) is 9.43. The zero-order valence-electron chi connectivity index (χ0n) is 23.6. The first-order chi connectivity index (χ1) is 20.6. The molecular formula is C31H35F4N5O3. The maximum atomic E-state index is 14.8. The van der Waals surface area contributed by atoms with Gasteiger partial charge in [0.15, 0.2) is 0 Å². The monoisotopic (exact) mass is 601 g/mol. The van der Waals surface area contributed by atoms with Crippen molar-refractivity contribution in [3.63, 3.8) is 0 Å². The van der Waals surface area contributed by atoms with E-state index in [2.05, 4.69) is 20.9 Å². The van der Waals surface area contributed by atoms with Crippen LogP contribution in [-0.2, 0) is 14.4 Å². The lowest BCUT2D eigenvalue weighted by Gasteiger charge is -2.28. The van der Waals surface area contributed by atoms with Crippen LogP contribution in [0.3, 0.4) is 0 Å². The molecule has 12 heteroatoms. The summed E-state index contributed by atoms with van der Waals surface area (Å²) in [5.41, 5.74) is 0.946. The molecule has 0 radical (unpaired) electrons. The van der Waals surface area contributed by atoms with Crippen LogP contribution in [0.2, 0.25) is 0 Å². The molecule has 2 aromatic carbocycles. The quantitative estimate of drug-likeness (QED) is 0.328. The number of nitrogens with one attached hydrogen (secondary N) is 3. The fourth-order valence-corrected chi connectivity index (χ4v) is 5.73. The summed E-state index contributed by atoms with van der Waals surface area (Å²) in [5, 5.41) is 7.82. The second-order valence-electron chi connectivity index (χ2n) is 11.5. The second kappa shape index (κ2) is 13.2. The molecule has 1 saturated heterocycles. The summed E-state index contributed by atoms with van der Waals surface area (Å²) < 4.78 is 55.1. The molecule has 5 rings (SSSR count). The van der Waals surface area contributed by atoms with Crippen molar-refractivity contribution in [1.29, 1.82) is 0 Å². The third kappa shape index (κ3) is 7.98. The number of nitrogens with zero attached hydrogens (tertiary/aromatic N) is 2. The molecule has 1 saturated carbocycles. The van der Waals surface area contributed by atoms with E-state index in [1.807, 2.05) is 4.90 Å². The Labute approximate surface area is 247 Å². The van der Waals surface area contributed by atoms with Crippen molar-refractivity contribution in [3.05, 3.63) is 65.5 Å². The highest BCUT2D eigenvalue weighted by molar-refractivity contribution is 6.20. The van der Waals surface area contributed by atoms with Crippen LogP contribution in [0.1, 0.15) is 56.1 Å². The van der Waals surface area contributed by atoms with Crippen LogP contribution in [0.25, 0.3) is 0 Å². The van der Waals surface area contributed by atoms with Gasteiger partial charge in [-0.1, -0.05) is 55.3 Å². The minimum atomic E-state index is -4.55. The molecule has 43 heavy (non-hydrogen) atoms. The number of carbonyl (C=O) groups excluding carboxylic acids is 3. The number of hydrogen-bond acceptors (Lipinski definition) is 5. The summed E-state index contributed by atoms with van der Waals surface area (Å²) in [7, 11) is 0. The van der Waals surface area contributed by atoms with E-state index in [0.29, 0.717) is 5.56 Å². The fourth-order valence-electron chi connectivity index (χ4n) is 5.73. The van der Waals surface area contributed by atoms with Gasteiger partial charge in [0.1, 0.15) is 5.82 Å². The summed E-state index contributed by atoms with van der Waals surface area (Å²) >= 11 is 0. The highest BCUT2D eigenvalue weighted by atomic mass is 19.4. The van der Waals surface area contributed by atoms with Crippen molar-refractivity contribution in [2.24, 2.45) is 22.7 Å². The maximum Gasteiger partial charge on any atom is 0.389 e. The first kappa shape index (κ1) is 30.7. The molecule has 3 aliphatic rings. The number of para-hydroxylation sites is 1. The minimum Gasteiger partial charge on any atom is -0.343 e. The highest BCUT2D eigenvalue weighted by Crippen LogP contribution is 2.39. The summed E-state index contributed by atoms with van der Waals surface area (Å²) in [6, 6.07) is 12.9. The van der Waals surface area contributed by atoms with E-state index in [9.17, 15) is 31.9 Å². The number of anilines is 1. The average molecular weight is 602 g/mol. The van der Waals surface area contributed by atoms with Crippen LogP contribution >= 0.6 is 0 Å². The highest BCUT2D eigenvalue weighted by Gasteiger charge is 2.42. The average Bonchev–Trinajstić information content (AvgIpc) is 3.67. The van der Waals surface area contributed by atoms with Crippen molar-refractivity contribution >= 4 is 29.1 Å².